The van der Waals surface area contributed by atoms with E-state index >= 15 is 0 Å². The SMILES string of the molecule is NCCCC[C@H](N)C(=O)N1CCCC1.O=C(O)C(F)(F)F.O=C(O)C(F)(F)F. The van der Waals surface area contributed by atoms with E-state index in [1.165, 1.54) is 0 Å². The number of carboxylic acids is 2. The van der Waals surface area contributed by atoms with E-state index in [2.05, 4.69) is 0 Å². The van der Waals surface area contributed by atoms with E-state index in [-0.39, 0.29) is 11.9 Å². The molecule has 166 valence electrons. The van der Waals surface area contributed by atoms with E-state index in [0.29, 0.717) is 6.54 Å². The van der Waals surface area contributed by atoms with Crippen LogP contribution in [0, 0.1) is 0 Å². The number of halogens is 6. The van der Waals surface area contributed by atoms with E-state index in [1.807, 2.05) is 4.90 Å². The summed E-state index contributed by atoms with van der Waals surface area (Å²) in [6.45, 7) is 2.47. The number of hydrogen-bond donors (Lipinski definition) is 4. The fourth-order valence-electron chi connectivity index (χ4n) is 1.80. The fraction of sp³-hybridized carbons (Fsp3) is 0.786. The van der Waals surface area contributed by atoms with Crippen molar-refractivity contribution in [2.45, 2.75) is 50.5 Å². The van der Waals surface area contributed by atoms with Gasteiger partial charge in [0, 0.05) is 13.1 Å². The van der Waals surface area contributed by atoms with Crippen molar-refractivity contribution in [2.24, 2.45) is 11.5 Å². The van der Waals surface area contributed by atoms with Gasteiger partial charge in [-0.2, -0.15) is 26.3 Å². The second kappa shape index (κ2) is 13.1. The van der Waals surface area contributed by atoms with Gasteiger partial charge in [-0.25, -0.2) is 9.59 Å². The van der Waals surface area contributed by atoms with Crippen LogP contribution in [0.5, 0.6) is 0 Å². The quantitative estimate of drug-likeness (QED) is 0.382. The zero-order chi connectivity index (χ0) is 22.5. The molecular formula is C14H23F6N3O5. The zero-order valence-electron chi connectivity index (χ0n) is 14.7. The minimum atomic E-state index is -5.08. The summed E-state index contributed by atoms with van der Waals surface area (Å²) in [5, 5.41) is 14.2. The first-order valence-electron chi connectivity index (χ1n) is 7.99. The maximum absolute atomic E-state index is 11.7. The molecule has 1 aliphatic rings. The zero-order valence-corrected chi connectivity index (χ0v) is 14.7. The third kappa shape index (κ3) is 14.0. The summed E-state index contributed by atoms with van der Waals surface area (Å²) in [5.74, 6) is -5.39. The van der Waals surface area contributed by atoms with Gasteiger partial charge in [0.05, 0.1) is 6.04 Å². The fourth-order valence-corrected chi connectivity index (χ4v) is 1.80. The summed E-state index contributed by atoms with van der Waals surface area (Å²) < 4.78 is 63.5. The van der Waals surface area contributed by atoms with Gasteiger partial charge in [0.2, 0.25) is 5.91 Å². The van der Waals surface area contributed by atoms with Crippen LogP contribution in [0.4, 0.5) is 26.3 Å². The second-order valence-electron chi connectivity index (χ2n) is 5.53. The molecule has 0 spiro atoms. The third-order valence-electron chi connectivity index (χ3n) is 3.19. The Morgan fingerprint density at radius 1 is 0.893 bits per heavy atom. The van der Waals surface area contributed by atoms with E-state index in [4.69, 9.17) is 31.3 Å². The first-order chi connectivity index (χ1) is 12.6. The van der Waals surface area contributed by atoms with Crippen LogP contribution >= 0.6 is 0 Å². The van der Waals surface area contributed by atoms with Crippen LogP contribution in [0.25, 0.3) is 0 Å². The Labute approximate surface area is 156 Å². The molecule has 28 heavy (non-hydrogen) atoms. The second-order valence-corrected chi connectivity index (χ2v) is 5.53. The van der Waals surface area contributed by atoms with Gasteiger partial charge in [0.1, 0.15) is 0 Å². The minimum absolute atomic E-state index is 0.125. The van der Waals surface area contributed by atoms with Crippen molar-refractivity contribution in [3.8, 4) is 0 Å². The highest BCUT2D eigenvalue weighted by Crippen LogP contribution is 2.14. The number of hydrogen-bond acceptors (Lipinski definition) is 5. The van der Waals surface area contributed by atoms with E-state index in [0.717, 1.165) is 45.2 Å². The van der Waals surface area contributed by atoms with Crippen molar-refractivity contribution in [2.75, 3.05) is 19.6 Å². The number of nitrogens with two attached hydrogens (primary N) is 2. The Hall–Kier alpha value is -2.09. The first-order valence-corrected chi connectivity index (χ1v) is 7.99. The lowest BCUT2D eigenvalue weighted by molar-refractivity contribution is -0.193. The van der Waals surface area contributed by atoms with Crippen LogP contribution in [0.15, 0.2) is 0 Å². The summed E-state index contributed by atoms with van der Waals surface area (Å²) in [5.41, 5.74) is 11.2. The van der Waals surface area contributed by atoms with Crippen molar-refractivity contribution < 1.29 is 50.9 Å². The van der Waals surface area contributed by atoms with Crippen molar-refractivity contribution in [3.05, 3.63) is 0 Å². The smallest absolute Gasteiger partial charge is 0.475 e. The van der Waals surface area contributed by atoms with Crippen molar-refractivity contribution in [1.82, 2.24) is 4.90 Å². The Kier molecular flexibility index (Phi) is 13.2. The van der Waals surface area contributed by atoms with Crippen LogP contribution in [-0.2, 0) is 14.4 Å². The number of alkyl halides is 6. The molecule has 1 amide bonds. The summed E-state index contributed by atoms with van der Waals surface area (Å²) in [4.78, 5) is 31.4. The number of aliphatic carboxylic acids is 2. The highest BCUT2D eigenvalue weighted by molar-refractivity contribution is 5.81. The Morgan fingerprint density at radius 2 is 1.25 bits per heavy atom. The largest absolute Gasteiger partial charge is 0.490 e. The number of unbranched alkanes of at least 4 members (excludes halogenated alkanes) is 1. The standard InChI is InChI=1S/C10H21N3O.2C2HF3O2/c11-6-2-1-5-9(12)10(14)13-7-3-4-8-13;2*3-2(4,5)1(6)7/h9H,1-8,11-12H2;2*(H,6,7)/t9-;;/m0../s1. The molecule has 1 atom stereocenters. The average Bonchev–Trinajstić information content (AvgIpc) is 3.08. The van der Waals surface area contributed by atoms with Crippen molar-refractivity contribution >= 4 is 17.8 Å². The molecule has 1 heterocycles. The lowest BCUT2D eigenvalue weighted by Crippen LogP contribution is -2.42. The van der Waals surface area contributed by atoms with Crippen molar-refractivity contribution in [3.63, 3.8) is 0 Å². The summed E-state index contributed by atoms with van der Waals surface area (Å²) in [6, 6.07) is -0.306. The van der Waals surface area contributed by atoms with Crippen LogP contribution in [0.1, 0.15) is 32.1 Å². The van der Waals surface area contributed by atoms with Crippen LogP contribution in [0.2, 0.25) is 0 Å². The van der Waals surface area contributed by atoms with Gasteiger partial charge in [-0.3, -0.25) is 4.79 Å². The predicted molar refractivity (Wildman–Crippen MR) is 84.1 cm³/mol. The van der Waals surface area contributed by atoms with E-state index in [9.17, 15) is 31.1 Å². The minimum Gasteiger partial charge on any atom is -0.475 e. The highest BCUT2D eigenvalue weighted by Gasteiger charge is 2.38. The molecule has 1 saturated heterocycles. The van der Waals surface area contributed by atoms with Gasteiger partial charge >= 0.3 is 24.3 Å². The molecular weight excluding hydrogens is 404 g/mol. The third-order valence-corrected chi connectivity index (χ3v) is 3.19. The average molecular weight is 427 g/mol. The lowest BCUT2D eigenvalue weighted by atomic mass is 10.1. The number of nitrogens with zero attached hydrogens (tertiary/aromatic N) is 1. The number of amides is 1. The first kappa shape index (κ1) is 28.1. The maximum atomic E-state index is 11.7. The van der Waals surface area contributed by atoms with E-state index < -0.39 is 24.3 Å². The number of likely N-dealkylation sites (tertiary alicyclic amines) is 1. The van der Waals surface area contributed by atoms with Crippen LogP contribution in [-0.4, -0.2) is 71.0 Å². The monoisotopic (exact) mass is 427 g/mol. The molecule has 0 aliphatic carbocycles. The molecule has 0 saturated carbocycles. The molecule has 1 aliphatic heterocycles. The molecule has 0 aromatic carbocycles. The molecule has 0 aromatic rings. The Balaban J connectivity index is 0. The van der Waals surface area contributed by atoms with Gasteiger partial charge in [0.25, 0.3) is 0 Å². The Bertz CT molecular complexity index is 469. The van der Waals surface area contributed by atoms with Gasteiger partial charge < -0.3 is 26.6 Å². The van der Waals surface area contributed by atoms with Crippen LogP contribution < -0.4 is 11.5 Å². The van der Waals surface area contributed by atoms with Gasteiger partial charge in [-0.15, -0.1) is 0 Å². The summed E-state index contributed by atoms with van der Waals surface area (Å²) in [7, 11) is 0. The predicted octanol–water partition coefficient (Wildman–Crippen LogP) is 1.33. The highest BCUT2D eigenvalue weighted by atomic mass is 19.4. The van der Waals surface area contributed by atoms with Gasteiger partial charge in [0.15, 0.2) is 0 Å². The Morgan fingerprint density at radius 3 is 1.54 bits per heavy atom. The topological polar surface area (TPSA) is 147 Å². The summed E-state index contributed by atoms with van der Waals surface area (Å²) >= 11 is 0. The van der Waals surface area contributed by atoms with Crippen LogP contribution in [0.3, 0.4) is 0 Å². The summed E-state index contributed by atoms with van der Waals surface area (Å²) in [6.07, 6.45) is -5.23. The van der Waals surface area contributed by atoms with Gasteiger partial charge in [-0.1, -0.05) is 6.42 Å². The lowest BCUT2D eigenvalue weighted by Gasteiger charge is -2.19. The number of carbonyl (C=O) groups excluding carboxylic acids is 1. The normalized spacial score (nSPS) is 14.9. The molecule has 0 unspecified atom stereocenters. The maximum Gasteiger partial charge on any atom is 0.490 e. The van der Waals surface area contributed by atoms with Crippen molar-refractivity contribution in [1.29, 1.82) is 0 Å². The molecule has 0 bridgehead atoms. The molecule has 0 aromatic heterocycles. The molecule has 1 rings (SSSR count). The number of carboxylic acid groups (broad SMARTS) is 2. The molecule has 0 radical (unpaired) electrons. The molecule has 8 nitrogen and oxygen atoms in total. The molecule has 6 N–H and O–H groups in total. The van der Waals surface area contributed by atoms with Gasteiger partial charge in [-0.05, 0) is 32.2 Å². The van der Waals surface area contributed by atoms with E-state index in [1.54, 1.807) is 0 Å². The number of rotatable bonds is 5. The molecule has 14 heteroatoms. The molecule has 1 fully saturated rings. The number of carbonyl (C=O) groups is 3.